The third kappa shape index (κ3) is 5.56. The van der Waals surface area contributed by atoms with E-state index in [1.807, 2.05) is 24.4 Å². The Balaban J connectivity index is 1.63. The van der Waals surface area contributed by atoms with Crippen LogP contribution in [0.15, 0.2) is 47.8 Å². The highest BCUT2D eigenvalue weighted by molar-refractivity contribution is 7.14. The molecule has 150 valence electrons. The van der Waals surface area contributed by atoms with Gasteiger partial charge < -0.3 is 10.1 Å². The first kappa shape index (κ1) is 20.8. The van der Waals surface area contributed by atoms with E-state index in [-0.39, 0.29) is 11.8 Å². The molecule has 0 saturated carbocycles. The van der Waals surface area contributed by atoms with Crippen molar-refractivity contribution in [1.29, 1.82) is 0 Å². The Morgan fingerprint density at radius 1 is 1.14 bits per heavy atom. The number of aromatic nitrogens is 1. The molecule has 0 fully saturated rings. The Morgan fingerprint density at radius 2 is 1.86 bits per heavy atom. The largest absolute Gasteiger partial charge is 0.481 e. The average molecular weight is 430 g/mol. The topological polar surface area (TPSA) is 80.3 Å². The van der Waals surface area contributed by atoms with Gasteiger partial charge in [-0.05, 0) is 49.7 Å². The molecule has 3 rings (SSSR count). The van der Waals surface area contributed by atoms with Gasteiger partial charge in [-0.1, -0.05) is 23.7 Å². The first-order chi connectivity index (χ1) is 13.8. The fraction of sp³-hybridized carbons (Fsp3) is 0.190. The van der Waals surface area contributed by atoms with Crippen molar-refractivity contribution in [1.82, 2.24) is 4.98 Å². The number of ether oxygens (including phenoxy) is 1. The summed E-state index contributed by atoms with van der Waals surface area (Å²) in [7, 11) is 0. The molecule has 1 heterocycles. The minimum atomic E-state index is -0.695. The molecule has 2 amide bonds. The maximum atomic E-state index is 12.5. The van der Waals surface area contributed by atoms with E-state index in [2.05, 4.69) is 15.6 Å². The third-order valence-corrected chi connectivity index (χ3v) is 5.04. The van der Waals surface area contributed by atoms with Gasteiger partial charge in [-0.15, -0.1) is 11.3 Å². The number of hydrogen-bond acceptors (Lipinski definition) is 5. The van der Waals surface area contributed by atoms with Gasteiger partial charge in [0.1, 0.15) is 5.75 Å². The summed E-state index contributed by atoms with van der Waals surface area (Å²) < 4.78 is 5.74. The van der Waals surface area contributed by atoms with Crippen molar-refractivity contribution < 1.29 is 14.3 Å². The Kier molecular flexibility index (Phi) is 6.51. The Morgan fingerprint density at radius 3 is 2.52 bits per heavy atom. The minimum absolute atomic E-state index is 0.124. The zero-order valence-electron chi connectivity index (χ0n) is 16.2. The zero-order valence-corrected chi connectivity index (χ0v) is 17.7. The summed E-state index contributed by atoms with van der Waals surface area (Å²) in [5.41, 5.74) is 3.20. The fourth-order valence-electron chi connectivity index (χ4n) is 2.59. The number of amides is 2. The van der Waals surface area contributed by atoms with Crippen molar-refractivity contribution in [3.63, 3.8) is 0 Å². The molecule has 1 unspecified atom stereocenters. The zero-order chi connectivity index (χ0) is 21.0. The van der Waals surface area contributed by atoms with Gasteiger partial charge >= 0.3 is 0 Å². The number of carbonyl (C=O) groups excluding carboxylic acids is 2. The molecule has 0 aliphatic rings. The van der Waals surface area contributed by atoms with Crippen LogP contribution >= 0.6 is 22.9 Å². The molecule has 0 aliphatic heterocycles. The number of benzene rings is 2. The second-order valence-corrected chi connectivity index (χ2v) is 7.75. The second kappa shape index (κ2) is 9.07. The van der Waals surface area contributed by atoms with E-state index in [0.717, 1.165) is 16.8 Å². The maximum absolute atomic E-state index is 12.5. The standard InChI is InChI=1S/C21H20ClN3O3S/c1-12-10-16(22)6-9-19(12)28-13(2)20(27)25-21-24-18(11-29-21)15-4-7-17(8-5-15)23-14(3)26/h4-11,13H,1-3H3,(H,23,26)(H,24,25,27). The third-order valence-electron chi connectivity index (χ3n) is 4.05. The van der Waals surface area contributed by atoms with E-state index in [1.165, 1.54) is 18.3 Å². The highest BCUT2D eigenvalue weighted by Crippen LogP contribution is 2.27. The summed E-state index contributed by atoms with van der Waals surface area (Å²) in [4.78, 5) is 28.0. The molecule has 2 aromatic carbocycles. The van der Waals surface area contributed by atoms with Crippen LogP contribution in [0.2, 0.25) is 5.02 Å². The molecule has 8 heteroatoms. The first-order valence-corrected chi connectivity index (χ1v) is 10.1. The number of halogens is 1. The van der Waals surface area contributed by atoms with E-state index >= 15 is 0 Å². The second-order valence-electron chi connectivity index (χ2n) is 6.46. The number of rotatable bonds is 6. The molecule has 0 bridgehead atoms. The number of nitrogens with one attached hydrogen (secondary N) is 2. The van der Waals surface area contributed by atoms with Gasteiger partial charge in [-0.3, -0.25) is 14.9 Å². The lowest BCUT2D eigenvalue weighted by Crippen LogP contribution is -2.30. The molecule has 2 N–H and O–H groups in total. The highest BCUT2D eigenvalue weighted by atomic mass is 35.5. The Bertz CT molecular complexity index is 1030. The predicted octanol–water partition coefficient (Wildman–Crippen LogP) is 5.14. The van der Waals surface area contributed by atoms with Crippen molar-refractivity contribution in [3.05, 3.63) is 58.4 Å². The van der Waals surface area contributed by atoms with E-state index in [4.69, 9.17) is 16.3 Å². The summed E-state index contributed by atoms with van der Waals surface area (Å²) in [5.74, 6) is 0.193. The first-order valence-electron chi connectivity index (χ1n) is 8.89. The predicted molar refractivity (Wildman–Crippen MR) is 117 cm³/mol. The highest BCUT2D eigenvalue weighted by Gasteiger charge is 2.17. The SMILES string of the molecule is CC(=O)Nc1ccc(-c2csc(NC(=O)C(C)Oc3ccc(Cl)cc3C)n2)cc1. The van der Waals surface area contributed by atoms with Crippen LogP contribution in [-0.4, -0.2) is 22.9 Å². The molecule has 1 aromatic heterocycles. The summed E-state index contributed by atoms with van der Waals surface area (Å²) in [6.45, 7) is 5.01. The van der Waals surface area contributed by atoms with Crippen LogP contribution in [0.5, 0.6) is 5.75 Å². The lowest BCUT2D eigenvalue weighted by molar-refractivity contribution is -0.122. The lowest BCUT2D eigenvalue weighted by atomic mass is 10.1. The van der Waals surface area contributed by atoms with Crippen LogP contribution in [0, 0.1) is 6.92 Å². The van der Waals surface area contributed by atoms with Gasteiger partial charge in [0.15, 0.2) is 11.2 Å². The number of hydrogen-bond donors (Lipinski definition) is 2. The molecule has 29 heavy (non-hydrogen) atoms. The van der Waals surface area contributed by atoms with Crippen molar-refractivity contribution in [2.24, 2.45) is 0 Å². The van der Waals surface area contributed by atoms with E-state index in [1.54, 1.807) is 37.3 Å². The van der Waals surface area contributed by atoms with Gasteiger partial charge in [0, 0.05) is 28.6 Å². The normalized spacial score (nSPS) is 11.6. The van der Waals surface area contributed by atoms with Crippen molar-refractivity contribution >= 4 is 45.6 Å². The fourth-order valence-corrected chi connectivity index (χ4v) is 3.54. The van der Waals surface area contributed by atoms with Crippen LogP contribution in [0.3, 0.4) is 0 Å². The molecular weight excluding hydrogens is 410 g/mol. The van der Waals surface area contributed by atoms with Crippen molar-refractivity contribution in [2.75, 3.05) is 10.6 Å². The van der Waals surface area contributed by atoms with Crippen LogP contribution < -0.4 is 15.4 Å². The van der Waals surface area contributed by atoms with Gasteiger partial charge in [0.2, 0.25) is 5.91 Å². The van der Waals surface area contributed by atoms with Crippen molar-refractivity contribution in [3.8, 4) is 17.0 Å². The molecule has 3 aromatic rings. The van der Waals surface area contributed by atoms with Gasteiger partial charge in [-0.2, -0.15) is 0 Å². The maximum Gasteiger partial charge on any atom is 0.266 e. The van der Waals surface area contributed by atoms with Gasteiger partial charge in [-0.25, -0.2) is 4.98 Å². The Labute approximate surface area is 177 Å². The summed E-state index contributed by atoms with van der Waals surface area (Å²) >= 11 is 7.28. The van der Waals surface area contributed by atoms with Gasteiger partial charge in [0.25, 0.3) is 5.91 Å². The van der Waals surface area contributed by atoms with Gasteiger partial charge in [0.05, 0.1) is 5.69 Å². The van der Waals surface area contributed by atoms with Crippen LogP contribution in [0.1, 0.15) is 19.4 Å². The van der Waals surface area contributed by atoms with Crippen LogP contribution in [0.25, 0.3) is 11.3 Å². The summed E-state index contributed by atoms with van der Waals surface area (Å²) in [6, 6.07) is 12.6. The number of thiazole rings is 1. The molecule has 0 radical (unpaired) electrons. The quantitative estimate of drug-likeness (QED) is 0.568. The lowest BCUT2D eigenvalue weighted by Gasteiger charge is -2.15. The van der Waals surface area contributed by atoms with Crippen LogP contribution in [-0.2, 0) is 9.59 Å². The molecular formula is C21H20ClN3O3S. The molecule has 0 aliphatic carbocycles. The average Bonchev–Trinajstić information content (AvgIpc) is 3.12. The molecule has 0 saturated heterocycles. The molecule has 0 spiro atoms. The number of anilines is 2. The van der Waals surface area contributed by atoms with Crippen molar-refractivity contribution in [2.45, 2.75) is 26.9 Å². The monoisotopic (exact) mass is 429 g/mol. The van der Waals surface area contributed by atoms with E-state index < -0.39 is 6.10 Å². The summed E-state index contributed by atoms with van der Waals surface area (Å²) in [5, 5.41) is 8.46. The number of carbonyl (C=O) groups is 2. The summed E-state index contributed by atoms with van der Waals surface area (Å²) in [6.07, 6.45) is -0.695. The number of nitrogens with zero attached hydrogens (tertiary/aromatic N) is 1. The van der Waals surface area contributed by atoms with E-state index in [0.29, 0.717) is 21.6 Å². The van der Waals surface area contributed by atoms with Crippen LogP contribution in [0.4, 0.5) is 10.8 Å². The molecule has 1 atom stereocenters. The molecule has 6 nitrogen and oxygen atoms in total. The van der Waals surface area contributed by atoms with E-state index in [9.17, 15) is 9.59 Å². The minimum Gasteiger partial charge on any atom is -0.481 e. The Hall–Kier alpha value is -2.90. The smallest absolute Gasteiger partial charge is 0.266 e. The number of aryl methyl sites for hydroxylation is 1.